The van der Waals surface area contributed by atoms with E-state index in [4.69, 9.17) is 4.74 Å². The van der Waals surface area contributed by atoms with Crippen LogP contribution in [0, 0.1) is 0 Å². The van der Waals surface area contributed by atoms with Gasteiger partial charge in [0, 0.05) is 18.2 Å². The molecule has 3 rings (SSSR count). The number of benzene rings is 2. The molecule has 2 nitrogen and oxygen atoms in total. The molecule has 0 spiro atoms. The van der Waals surface area contributed by atoms with E-state index in [0.717, 1.165) is 18.7 Å². The minimum atomic E-state index is 0.539. The van der Waals surface area contributed by atoms with Crippen molar-refractivity contribution in [2.75, 3.05) is 19.0 Å². The second-order valence-corrected chi connectivity index (χ2v) is 4.68. The molecule has 1 heterocycles. The smallest absolute Gasteiger partial charge is 0.122 e. The molecule has 0 aliphatic carbocycles. The normalized spacial score (nSPS) is 17.1. The second kappa shape index (κ2) is 4.73. The minimum absolute atomic E-state index is 0.539. The van der Waals surface area contributed by atoms with Crippen LogP contribution in [0.3, 0.4) is 0 Å². The molecule has 92 valence electrons. The van der Waals surface area contributed by atoms with E-state index in [9.17, 15) is 0 Å². The predicted molar refractivity (Wildman–Crippen MR) is 74.4 cm³/mol. The molecule has 0 saturated heterocycles. The van der Waals surface area contributed by atoms with Gasteiger partial charge in [-0.3, -0.25) is 0 Å². The molecule has 1 atom stereocenters. The fourth-order valence-corrected chi connectivity index (χ4v) is 2.68. The van der Waals surface area contributed by atoms with Gasteiger partial charge in [0.25, 0.3) is 0 Å². The number of ether oxygens (including phenoxy) is 1. The van der Waals surface area contributed by atoms with Crippen LogP contribution in [0.4, 0.5) is 5.69 Å². The molecular weight excluding hydrogens is 222 g/mol. The first-order valence-corrected chi connectivity index (χ1v) is 6.33. The van der Waals surface area contributed by atoms with Crippen LogP contribution in [0.25, 0.3) is 0 Å². The number of nitrogens with one attached hydrogen (secondary N) is 1. The highest BCUT2D eigenvalue weighted by Crippen LogP contribution is 2.35. The average molecular weight is 239 g/mol. The van der Waals surface area contributed by atoms with Gasteiger partial charge < -0.3 is 10.1 Å². The molecule has 2 aromatic rings. The summed E-state index contributed by atoms with van der Waals surface area (Å²) in [6, 6.07) is 16.8. The number of methoxy groups -OCH3 is 1. The zero-order valence-electron chi connectivity index (χ0n) is 10.5. The summed E-state index contributed by atoms with van der Waals surface area (Å²) in [5, 5.41) is 3.47. The Bertz CT molecular complexity index is 550. The zero-order valence-corrected chi connectivity index (χ0v) is 10.5. The van der Waals surface area contributed by atoms with Gasteiger partial charge >= 0.3 is 0 Å². The number of fused-ring (bicyclic) bond motifs is 1. The summed E-state index contributed by atoms with van der Waals surface area (Å²) in [7, 11) is 1.74. The summed E-state index contributed by atoms with van der Waals surface area (Å²) in [6.45, 7) is 1.01. The number of anilines is 1. The van der Waals surface area contributed by atoms with Crippen LogP contribution in [0.15, 0.2) is 48.5 Å². The number of para-hydroxylation sites is 2. The largest absolute Gasteiger partial charge is 0.496 e. The summed E-state index contributed by atoms with van der Waals surface area (Å²) >= 11 is 0. The molecule has 1 aliphatic rings. The molecule has 18 heavy (non-hydrogen) atoms. The molecule has 0 radical (unpaired) electrons. The molecule has 2 aromatic carbocycles. The van der Waals surface area contributed by atoms with Crippen LogP contribution in [0.1, 0.15) is 17.0 Å². The lowest BCUT2D eigenvalue weighted by molar-refractivity contribution is 0.408. The van der Waals surface area contributed by atoms with Crippen molar-refractivity contribution in [1.82, 2.24) is 0 Å². The fourth-order valence-electron chi connectivity index (χ4n) is 2.68. The topological polar surface area (TPSA) is 21.3 Å². The summed E-state index contributed by atoms with van der Waals surface area (Å²) in [4.78, 5) is 0. The van der Waals surface area contributed by atoms with E-state index in [-0.39, 0.29) is 0 Å². The zero-order chi connectivity index (χ0) is 12.4. The van der Waals surface area contributed by atoms with Crippen molar-refractivity contribution in [3.8, 4) is 5.75 Å². The average Bonchev–Trinajstić information content (AvgIpc) is 2.83. The molecule has 0 amide bonds. The molecule has 1 unspecified atom stereocenters. The quantitative estimate of drug-likeness (QED) is 0.885. The Hall–Kier alpha value is -1.96. The van der Waals surface area contributed by atoms with E-state index >= 15 is 0 Å². The molecule has 1 aliphatic heterocycles. The monoisotopic (exact) mass is 239 g/mol. The predicted octanol–water partition coefficient (Wildman–Crippen LogP) is 3.45. The number of rotatable bonds is 3. The fraction of sp³-hybridized carbons (Fsp3) is 0.250. The van der Waals surface area contributed by atoms with Crippen molar-refractivity contribution >= 4 is 5.69 Å². The van der Waals surface area contributed by atoms with Crippen LogP contribution in [0.2, 0.25) is 0 Å². The number of hydrogen-bond acceptors (Lipinski definition) is 2. The molecule has 1 N–H and O–H groups in total. The second-order valence-electron chi connectivity index (χ2n) is 4.68. The van der Waals surface area contributed by atoms with Gasteiger partial charge in [0.15, 0.2) is 0 Å². The maximum atomic E-state index is 5.42. The first-order chi connectivity index (χ1) is 8.88. The third kappa shape index (κ3) is 1.94. The molecule has 0 bridgehead atoms. The van der Waals surface area contributed by atoms with E-state index in [0.29, 0.717) is 5.92 Å². The Kier molecular flexibility index (Phi) is 2.93. The van der Waals surface area contributed by atoms with Gasteiger partial charge in [-0.2, -0.15) is 0 Å². The van der Waals surface area contributed by atoms with Gasteiger partial charge in [0.1, 0.15) is 5.75 Å². The van der Waals surface area contributed by atoms with Gasteiger partial charge in [-0.25, -0.2) is 0 Å². The highest BCUT2D eigenvalue weighted by Gasteiger charge is 2.22. The Morgan fingerprint density at radius 2 is 1.89 bits per heavy atom. The van der Waals surface area contributed by atoms with Gasteiger partial charge in [0.2, 0.25) is 0 Å². The standard InChI is InChI=1S/C16H17NO/c1-18-16-9-5-2-6-12(16)10-13-11-17-15-8-4-3-7-14(13)15/h2-9,13,17H,10-11H2,1H3. The van der Waals surface area contributed by atoms with Crippen molar-refractivity contribution in [2.45, 2.75) is 12.3 Å². The van der Waals surface area contributed by atoms with Crippen molar-refractivity contribution in [3.05, 3.63) is 59.7 Å². The summed E-state index contributed by atoms with van der Waals surface area (Å²) < 4.78 is 5.42. The maximum absolute atomic E-state index is 5.42. The summed E-state index contributed by atoms with van der Waals surface area (Å²) in [5.74, 6) is 1.53. The van der Waals surface area contributed by atoms with E-state index in [1.807, 2.05) is 12.1 Å². The van der Waals surface area contributed by atoms with E-state index in [2.05, 4.69) is 41.7 Å². The van der Waals surface area contributed by atoms with Crippen molar-refractivity contribution < 1.29 is 4.74 Å². The van der Waals surface area contributed by atoms with Gasteiger partial charge in [-0.05, 0) is 29.7 Å². The lowest BCUT2D eigenvalue weighted by Crippen LogP contribution is -2.06. The van der Waals surface area contributed by atoms with E-state index < -0.39 is 0 Å². The Balaban J connectivity index is 1.86. The van der Waals surface area contributed by atoms with Crippen LogP contribution < -0.4 is 10.1 Å². The highest BCUT2D eigenvalue weighted by molar-refractivity contribution is 5.58. The van der Waals surface area contributed by atoms with Crippen LogP contribution in [0.5, 0.6) is 5.75 Å². The third-order valence-electron chi connectivity index (χ3n) is 3.60. The first-order valence-electron chi connectivity index (χ1n) is 6.33. The lowest BCUT2D eigenvalue weighted by atomic mass is 9.93. The van der Waals surface area contributed by atoms with Crippen molar-refractivity contribution in [2.24, 2.45) is 0 Å². The molecule has 0 fully saturated rings. The highest BCUT2D eigenvalue weighted by atomic mass is 16.5. The molecular formula is C16H17NO. The van der Waals surface area contributed by atoms with Gasteiger partial charge in [-0.1, -0.05) is 36.4 Å². The van der Waals surface area contributed by atoms with E-state index in [1.54, 1.807) is 7.11 Å². The maximum Gasteiger partial charge on any atom is 0.122 e. The Morgan fingerprint density at radius 3 is 2.78 bits per heavy atom. The number of hydrogen-bond donors (Lipinski definition) is 1. The van der Waals surface area contributed by atoms with Crippen LogP contribution in [-0.2, 0) is 6.42 Å². The molecule has 0 aromatic heterocycles. The molecule has 0 saturated carbocycles. The molecule has 2 heteroatoms. The Morgan fingerprint density at radius 1 is 1.11 bits per heavy atom. The first kappa shape index (κ1) is 11.1. The van der Waals surface area contributed by atoms with Crippen molar-refractivity contribution in [1.29, 1.82) is 0 Å². The summed E-state index contributed by atoms with van der Waals surface area (Å²) in [5.41, 5.74) is 3.98. The minimum Gasteiger partial charge on any atom is -0.496 e. The Labute approximate surface area is 108 Å². The third-order valence-corrected chi connectivity index (χ3v) is 3.60. The van der Waals surface area contributed by atoms with Crippen molar-refractivity contribution in [3.63, 3.8) is 0 Å². The van der Waals surface area contributed by atoms with Crippen LogP contribution >= 0.6 is 0 Å². The van der Waals surface area contributed by atoms with E-state index in [1.165, 1.54) is 16.8 Å². The van der Waals surface area contributed by atoms with Gasteiger partial charge in [-0.15, -0.1) is 0 Å². The van der Waals surface area contributed by atoms with Crippen LogP contribution in [-0.4, -0.2) is 13.7 Å². The van der Waals surface area contributed by atoms with Gasteiger partial charge in [0.05, 0.1) is 7.11 Å². The lowest BCUT2D eigenvalue weighted by Gasteiger charge is -2.13. The SMILES string of the molecule is COc1ccccc1CC1CNc2ccccc21. The summed E-state index contributed by atoms with van der Waals surface area (Å²) in [6.07, 6.45) is 1.02.